The van der Waals surface area contributed by atoms with Gasteiger partial charge in [-0.2, -0.15) is 9.97 Å². The normalized spacial score (nSPS) is 32.5. The Bertz CT molecular complexity index is 1040. The van der Waals surface area contributed by atoms with Crippen LogP contribution in [0.5, 0.6) is 5.88 Å². The number of hydrogen-bond acceptors (Lipinski definition) is 12. The van der Waals surface area contributed by atoms with Crippen LogP contribution in [0.4, 0.5) is 10.3 Å². The van der Waals surface area contributed by atoms with Crippen molar-refractivity contribution in [1.29, 1.82) is 0 Å². The number of anilines is 1. The van der Waals surface area contributed by atoms with Gasteiger partial charge in [0, 0.05) is 0 Å². The van der Waals surface area contributed by atoms with E-state index in [9.17, 15) is 9.69 Å². The number of nitrogen functional groups attached to an aromatic ring is 1. The molecular weight excluding hydrogens is 462 g/mol. The summed E-state index contributed by atoms with van der Waals surface area (Å²) in [6.07, 6.45) is -1.92. The van der Waals surface area contributed by atoms with Crippen LogP contribution in [0.1, 0.15) is 33.9 Å². The molecule has 4 N–H and O–H groups in total. The minimum absolute atomic E-state index is 0.0688. The number of nitrogens with zero attached hydrogens (tertiary/aromatic N) is 4. The second-order valence-corrected chi connectivity index (χ2v) is 9.54. The molecule has 1 radical (unpaired) electrons. The molecule has 13 nitrogen and oxygen atoms in total. The molecule has 2 aromatic rings. The van der Waals surface area contributed by atoms with Crippen molar-refractivity contribution in [3.05, 3.63) is 6.33 Å². The van der Waals surface area contributed by atoms with Gasteiger partial charge in [0.2, 0.25) is 11.8 Å². The van der Waals surface area contributed by atoms with Gasteiger partial charge in [-0.05, 0) is 27.7 Å². The van der Waals surface area contributed by atoms with Gasteiger partial charge in [-0.25, -0.2) is 14.5 Å². The lowest BCUT2D eigenvalue weighted by Gasteiger charge is -2.41. The Hall–Kier alpha value is -2.22. The van der Waals surface area contributed by atoms with Crippen LogP contribution in [0.2, 0.25) is 0 Å². The van der Waals surface area contributed by atoms with Crippen LogP contribution in [0.3, 0.4) is 0 Å². The molecule has 2 aliphatic rings. The van der Waals surface area contributed by atoms with Gasteiger partial charge in [0.15, 0.2) is 23.1 Å². The maximum atomic E-state index is 16.1. The quantitative estimate of drug-likeness (QED) is 0.375. The Morgan fingerprint density at radius 2 is 2.24 bits per heavy atom. The number of rotatable bonds is 7. The average Bonchev–Trinajstić information content (AvgIpc) is 3.26. The largest absolute Gasteiger partial charge is 0.476 e. The second kappa shape index (κ2) is 8.85. The zero-order valence-corrected chi connectivity index (χ0v) is 19.5. The van der Waals surface area contributed by atoms with E-state index >= 15 is 4.39 Å². The molecule has 1 unspecified atom stereocenters. The van der Waals surface area contributed by atoms with Gasteiger partial charge in [0.1, 0.15) is 18.2 Å². The van der Waals surface area contributed by atoms with E-state index in [-0.39, 0.29) is 30.7 Å². The highest BCUT2D eigenvalue weighted by molar-refractivity contribution is 7.58. The number of alkyl halides is 1. The first kappa shape index (κ1) is 23.9. The highest BCUT2D eigenvalue weighted by Gasteiger charge is 2.62. The van der Waals surface area contributed by atoms with Crippen LogP contribution < -0.4 is 15.6 Å². The molecule has 0 spiro atoms. The van der Waals surface area contributed by atoms with E-state index in [2.05, 4.69) is 20.0 Å². The minimum Gasteiger partial charge on any atom is -0.476 e. The van der Waals surface area contributed by atoms with Crippen LogP contribution in [0.15, 0.2) is 6.33 Å². The summed E-state index contributed by atoms with van der Waals surface area (Å²) < 4.78 is 44.9. The Morgan fingerprint density at radius 3 is 2.94 bits per heavy atom. The molecule has 4 heterocycles. The van der Waals surface area contributed by atoms with Crippen molar-refractivity contribution < 1.29 is 37.3 Å². The molecule has 0 aliphatic carbocycles. The average molecular weight is 489 g/mol. The topological polar surface area (TPSA) is 165 Å². The van der Waals surface area contributed by atoms with E-state index in [4.69, 9.17) is 29.0 Å². The van der Waals surface area contributed by atoms with E-state index in [1.807, 2.05) is 0 Å². The molecule has 2 fully saturated rings. The SMILES string of the molecule is CCOC(=O)C(C)N[P@@]1(O)OC[C@H]2O[C@@H](n3cnc4c(OCC)nc(N)nc43)[C@](C)(F)[C@@H]2O1. The van der Waals surface area contributed by atoms with Crippen LogP contribution in [0.25, 0.3) is 11.2 Å². The molecule has 0 amide bonds. The van der Waals surface area contributed by atoms with Gasteiger partial charge >= 0.3 is 14.1 Å². The fourth-order valence-corrected chi connectivity index (χ4v) is 5.61. The molecule has 2 aliphatic heterocycles. The summed E-state index contributed by atoms with van der Waals surface area (Å²) in [7, 11) is -3.78. The van der Waals surface area contributed by atoms with E-state index < -0.39 is 44.2 Å². The molecule has 183 valence electrons. The zero-order valence-electron chi connectivity index (χ0n) is 18.6. The van der Waals surface area contributed by atoms with Gasteiger partial charge in [0.05, 0.1) is 26.1 Å². The van der Waals surface area contributed by atoms with Crippen LogP contribution >= 0.6 is 8.09 Å². The summed E-state index contributed by atoms with van der Waals surface area (Å²) in [5, 5.41) is 2.59. The number of imidazole rings is 1. The minimum atomic E-state index is -3.78. The number of nitrogens with two attached hydrogens (primary N) is 1. The molecule has 15 heteroatoms. The highest BCUT2D eigenvalue weighted by atomic mass is 31.2. The number of carbonyl (C=O) groups is 1. The Balaban J connectivity index is 1.60. The maximum absolute atomic E-state index is 16.1. The molecule has 33 heavy (non-hydrogen) atoms. The highest BCUT2D eigenvalue weighted by Crippen LogP contribution is 2.62. The number of esters is 1. The third-order valence-corrected chi connectivity index (χ3v) is 7.01. The second-order valence-electron chi connectivity index (χ2n) is 7.77. The van der Waals surface area contributed by atoms with E-state index in [1.165, 1.54) is 24.7 Å². The number of fused-ring (bicyclic) bond motifs is 2. The third-order valence-electron chi connectivity index (χ3n) is 5.29. The first-order chi connectivity index (χ1) is 15.6. The predicted molar refractivity (Wildman–Crippen MR) is 114 cm³/mol. The van der Waals surface area contributed by atoms with E-state index in [1.54, 1.807) is 13.8 Å². The fourth-order valence-electron chi connectivity index (χ4n) is 3.82. The Morgan fingerprint density at radius 1 is 1.48 bits per heavy atom. The lowest BCUT2D eigenvalue weighted by molar-refractivity contribution is -0.145. The first-order valence-electron chi connectivity index (χ1n) is 10.5. The smallest absolute Gasteiger partial charge is 0.323 e. The lowest BCUT2D eigenvalue weighted by Crippen LogP contribution is -2.49. The van der Waals surface area contributed by atoms with Gasteiger partial charge < -0.3 is 29.4 Å². The van der Waals surface area contributed by atoms with E-state index in [0.29, 0.717) is 12.1 Å². The van der Waals surface area contributed by atoms with Gasteiger partial charge in [-0.1, -0.05) is 0 Å². The van der Waals surface area contributed by atoms with Gasteiger partial charge in [0.25, 0.3) is 0 Å². The first-order valence-corrected chi connectivity index (χ1v) is 12.0. The standard InChI is InChI=1S/C18H27FN6O7P/c1-5-28-14-11-13(22-17(20)23-14)25(8-21-11)16-18(4,19)12-10(31-16)7-30-33(27,32-12)24-9(3)15(26)29-6-2/h8-10,12,16,24,27H,5-7H2,1-4H3,(H2,20,22,23)/t9?,10-,12-,16-,18-/m1/s1. The van der Waals surface area contributed by atoms with E-state index in [0.717, 1.165) is 0 Å². The van der Waals surface area contributed by atoms with Crippen molar-refractivity contribution >= 4 is 31.2 Å². The molecule has 4 rings (SSSR count). The molecular formula is C18H27FN6O7P. The molecule has 0 aromatic carbocycles. The number of nitrogens with one attached hydrogen (secondary N) is 1. The van der Waals surface area contributed by atoms with Crippen molar-refractivity contribution in [2.75, 3.05) is 25.6 Å². The number of carbonyl (C=O) groups excluding carboxylic acids is 1. The van der Waals surface area contributed by atoms with Crippen molar-refractivity contribution in [2.45, 2.75) is 57.8 Å². The van der Waals surface area contributed by atoms with Crippen LogP contribution in [-0.2, 0) is 23.3 Å². The number of ether oxygens (including phenoxy) is 3. The predicted octanol–water partition coefficient (Wildman–Crippen LogP) is 1.06. The summed E-state index contributed by atoms with van der Waals surface area (Å²) in [6, 6.07) is -0.932. The van der Waals surface area contributed by atoms with Gasteiger partial charge in [-0.15, -0.1) is 0 Å². The summed E-state index contributed by atoms with van der Waals surface area (Å²) in [5.41, 5.74) is 4.17. The number of hydrogen-bond donors (Lipinski definition) is 3. The summed E-state index contributed by atoms with van der Waals surface area (Å²) in [6.45, 7) is 6.54. The van der Waals surface area contributed by atoms with Crippen molar-refractivity contribution in [2.24, 2.45) is 0 Å². The monoisotopic (exact) mass is 489 g/mol. The Labute approximate surface area is 189 Å². The molecule has 2 saturated heterocycles. The van der Waals surface area contributed by atoms with Crippen molar-refractivity contribution in [3.63, 3.8) is 0 Å². The Kier molecular flexibility index (Phi) is 6.42. The fraction of sp³-hybridized carbons (Fsp3) is 0.667. The third kappa shape index (κ3) is 4.34. The number of halogens is 1. The van der Waals surface area contributed by atoms with Gasteiger partial charge in [-0.3, -0.25) is 13.9 Å². The van der Waals surface area contributed by atoms with Crippen molar-refractivity contribution in [3.8, 4) is 5.88 Å². The van der Waals surface area contributed by atoms with Crippen molar-refractivity contribution in [1.82, 2.24) is 24.6 Å². The maximum Gasteiger partial charge on any atom is 0.323 e. The summed E-state index contributed by atoms with van der Waals surface area (Å²) in [5.74, 6) is -0.497. The lowest BCUT2D eigenvalue weighted by atomic mass is 9.98. The zero-order chi connectivity index (χ0) is 24.0. The molecule has 0 saturated carbocycles. The molecule has 2 aromatic heterocycles. The molecule has 6 atom stereocenters. The summed E-state index contributed by atoms with van der Waals surface area (Å²) >= 11 is 0. The van der Waals surface area contributed by atoms with Crippen LogP contribution in [-0.4, -0.2) is 74.1 Å². The molecule has 0 bridgehead atoms. The summed E-state index contributed by atoms with van der Waals surface area (Å²) in [4.78, 5) is 35.2. The number of aromatic nitrogens is 4. The van der Waals surface area contributed by atoms with Crippen LogP contribution in [0, 0.1) is 0 Å².